The van der Waals surface area contributed by atoms with Crippen LogP contribution in [0.3, 0.4) is 0 Å². The lowest BCUT2D eigenvalue weighted by Gasteiger charge is -2.06. The Labute approximate surface area is 137 Å². The van der Waals surface area contributed by atoms with Gasteiger partial charge >= 0.3 is 0 Å². The van der Waals surface area contributed by atoms with Crippen LogP contribution >= 0.6 is 11.8 Å². The third-order valence-electron chi connectivity index (χ3n) is 3.11. The van der Waals surface area contributed by atoms with E-state index in [4.69, 9.17) is 15.9 Å². The van der Waals surface area contributed by atoms with E-state index >= 15 is 0 Å². The molecule has 0 saturated heterocycles. The van der Waals surface area contributed by atoms with Gasteiger partial charge in [0.1, 0.15) is 11.6 Å². The van der Waals surface area contributed by atoms with Gasteiger partial charge in [-0.1, -0.05) is 29.5 Å². The predicted molar refractivity (Wildman–Crippen MR) is 89.6 cm³/mol. The molecule has 0 fully saturated rings. The topological polar surface area (TPSA) is 117 Å². The van der Waals surface area contributed by atoms with Gasteiger partial charge in [-0.05, 0) is 26.0 Å². The van der Waals surface area contributed by atoms with E-state index in [1.807, 2.05) is 38.1 Å². The lowest BCUT2D eigenvalue weighted by Crippen LogP contribution is -2.00. The molecule has 0 amide bonds. The number of hydrogen-bond donors (Lipinski definition) is 2. The Morgan fingerprint density at radius 3 is 2.35 bits per heavy atom. The van der Waals surface area contributed by atoms with Crippen molar-refractivity contribution in [1.29, 1.82) is 0 Å². The SMILES string of the molecule is Cc1ccc(-c2nnc(C(C)Sc3nc(N)cc(N)n3)o2)cc1. The molecule has 23 heavy (non-hydrogen) atoms. The van der Waals surface area contributed by atoms with Gasteiger partial charge in [0, 0.05) is 11.6 Å². The molecule has 0 saturated carbocycles. The van der Waals surface area contributed by atoms with Gasteiger partial charge in [-0.25, -0.2) is 9.97 Å². The normalized spacial score (nSPS) is 12.3. The van der Waals surface area contributed by atoms with E-state index in [0.717, 1.165) is 5.56 Å². The van der Waals surface area contributed by atoms with E-state index in [2.05, 4.69) is 20.2 Å². The Morgan fingerprint density at radius 2 is 1.70 bits per heavy atom. The van der Waals surface area contributed by atoms with Crippen LogP contribution < -0.4 is 11.5 Å². The fourth-order valence-corrected chi connectivity index (χ4v) is 2.76. The van der Waals surface area contributed by atoms with E-state index in [1.54, 1.807) is 0 Å². The van der Waals surface area contributed by atoms with Crippen molar-refractivity contribution in [2.24, 2.45) is 0 Å². The molecule has 1 atom stereocenters. The second kappa shape index (κ2) is 6.25. The molecule has 4 N–H and O–H groups in total. The molecule has 3 rings (SSSR count). The minimum absolute atomic E-state index is 0.122. The molecule has 118 valence electrons. The maximum absolute atomic E-state index is 5.74. The van der Waals surface area contributed by atoms with Crippen molar-refractivity contribution in [2.45, 2.75) is 24.3 Å². The Hall–Kier alpha value is -2.61. The highest BCUT2D eigenvalue weighted by molar-refractivity contribution is 7.99. The Bertz CT molecular complexity index is 797. The summed E-state index contributed by atoms with van der Waals surface area (Å²) in [4.78, 5) is 8.27. The monoisotopic (exact) mass is 328 g/mol. The van der Waals surface area contributed by atoms with Gasteiger partial charge < -0.3 is 15.9 Å². The summed E-state index contributed by atoms with van der Waals surface area (Å²) in [7, 11) is 0. The summed E-state index contributed by atoms with van der Waals surface area (Å²) in [5, 5.41) is 8.55. The van der Waals surface area contributed by atoms with E-state index in [0.29, 0.717) is 28.6 Å². The standard InChI is InChI=1S/C15H16N6OS/c1-8-3-5-10(6-4-8)14-21-20-13(22-14)9(2)23-15-18-11(16)7-12(17)19-15/h3-7,9H,1-2H3,(H4,16,17,18,19). The smallest absolute Gasteiger partial charge is 0.247 e. The zero-order valence-electron chi connectivity index (χ0n) is 12.7. The summed E-state index contributed by atoms with van der Waals surface area (Å²) >= 11 is 1.36. The number of benzene rings is 1. The van der Waals surface area contributed by atoms with Gasteiger partial charge in [-0.2, -0.15) is 0 Å². The largest absolute Gasteiger partial charge is 0.419 e. The molecule has 1 unspecified atom stereocenters. The van der Waals surface area contributed by atoms with Crippen molar-refractivity contribution in [3.8, 4) is 11.5 Å². The lowest BCUT2D eigenvalue weighted by molar-refractivity contribution is 0.509. The van der Waals surface area contributed by atoms with E-state index in [-0.39, 0.29) is 5.25 Å². The van der Waals surface area contributed by atoms with Crippen LogP contribution in [0.1, 0.15) is 23.6 Å². The highest BCUT2D eigenvalue weighted by Gasteiger charge is 2.18. The summed E-state index contributed by atoms with van der Waals surface area (Å²) in [6, 6.07) is 9.41. The lowest BCUT2D eigenvalue weighted by atomic mass is 10.1. The molecule has 0 radical (unpaired) electrons. The maximum Gasteiger partial charge on any atom is 0.247 e. The van der Waals surface area contributed by atoms with Crippen LogP contribution in [0.15, 0.2) is 39.9 Å². The maximum atomic E-state index is 5.74. The van der Waals surface area contributed by atoms with Crippen LogP contribution in [0.25, 0.3) is 11.5 Å². The average Bonchev–Trinajstić information content (AvgIpc) is 2.97. The molecule has 0 bridgehead atoms. The number of nitrogens with zero attached hydrogens (tertiary/aromatic N) is 4. The van der Waals surface area contributed by atoms with Crippen molar-refractivity contribution in [2.75, 3.05) is 11.5 Å². The van der Waals surface area contributed by atoms with Crippen molar-refractivity contribution in [1.82, 2.24) is 20.2 Å². The second-order valence-electron chi connectivity index (χ2n) is 5.07. The molecule has 0 spiro atoms. The predicted octanol–water partition coefficient (Wildman–Crippen LogP) is 2.85. The molecule has 0 aliphatic rings. The van der Waals surface area contributed by atoms with E-state index < -0.39 is 0 Å². The molecule has 8 heteroatoms. The van der Waals surface area contributed by atoms with Gasteiger partial charge in [0.25, 0.3) is 0 Å². The van der Waals surface area contributed by atoms with Gasteiger partial charge in [0.15, 0.2) is 5.16 Å². The first-order valence-electron chi connectivity index (χ1n) is 6.98. The van der Waals surface area contributed by atoms with Crippen LogP contribution in [0.2, 0.25) is 0 Å². The molecule has 0 aliphatic carbocycles. The minimum atomic E-state index is -0.122. The quantitative estimate of drug-likeness (QED) is 0.554. The highest BCUT2D eigenvalue weighted by Crippen LogP contribution is 2.33. The first kappa shape index (κ1) is 15.3. The number of aryl methyl sites for hydroxylation is 1. The summed E-state index contributed by atoms with van der Waals surface area (Å²) in [5.74, 6) is 1.65. The number of aromatic nitrogens is 4. The molecule has 2 heterocycles. The molecule has 7 nitrogen and oxygen atoms in total. The van der Waals surface area contributed by atoms with Gasteiger partial charge in [-0.15, -0.1) is 10.2 Å². The second-order valence-corrected chi connectivity index (χ2v) is 6.38. The molecular weight excluding hydrogens is 312 g/mol. The molecule has 3 aromatic rings. The summed E-state index contributed by atoms with van der Waals surface area (Å²) in [6.45, 7) is 3.96. The van der Waals surface area contributed by atoms with E-state index in [9.17, 15) is 0 Å². The molecule has 0 aliphatic heterocycles. The summed E-state index contributed by atoms with van der Waals surface area (Å²) < 4.78 is 5.74. The van der Waals surface area contributed by atoms with Crippen molar-refractivity contribution in [3.63, 3.8) is 0 Å². The number of rotatable bonds is 4. The average molecular weight is 328 g/mol. The van der Waals surface area contributed by atoms with Crippen molar-refractivity contribution >= 4 is 23.4 Å². The minimum Gasteiger partial charge on any atom is -0.419 e. The number of nitrogen functional groups attached to an aromatic ring is 2. The third kappa shape index (κ3) is 3.59. The fourth-order valence-electron chi connectivity index (χ4n) is 1.93. The number of nitrogens with two attached hydrogens (primary N) is 2. The van der Waals surface area contributed by atoms with Crippen LogP contribution in [0.4, 0.5) is 11.6 Å². The number of hydrogen-bond acceptors (Lipinski definition) is 8. The van der Waals surface area contributed by atoms with Crippen molar-refractivity contribution < 1.29 is 4.42 Å². The number of thioether (sulfide) groups is 1. The van der Waals surface area contributed by atoms with Crippen LogP contribution in [-0.2, 0) is 0 Å². The van der Waals surface area contributed by atoms with E-state index in [1.165, 1.54) is 23.4 Å². The highest BCUT2D eigenvalue weighted by atomic mass is 32.2. The molecular formula is C15H16N6OS. The zero-order chi connectivity index (χ0) is 16.4. The molecule has 1 aromatic carbocycles. The Morgan fingerprint density at radius 1 is 1.04 bits per heavy atom. The third-order valence-corrected chi connectivity index (χ3v) is 4.06. The first-order valence-corrected chi connectivity index (χ1v) is 7.86. The number of anilines is 2. The molecule has 2 aromatic heterocycles. The Balaban J connectivity index is 1.78. The first-order chi connectivity index (χ1) is 11.0. The van der Waals surface area contributed by atoms with Gasteiger partial charge in [-0.3, -0.25) is 0 Å². The van der Waals surface area contributed by atoms with Crippen molar-refractivity contribution in [3.05, 3.63) is 41.8 Å². The van der Waals surface area contributed by atoms with Gasteiger partial charge in [0.2, 0.25) is 11.8 Å². The van der Waals surface area contributed by atoms with Gasteiger partial charge in [0.05, 0.1) is 5.25 Å². The van der Waals surface area contributed by atoms with Crippen LogP contribution in [0, 0.1) is 6.92 Å². The fraction of sp³-hybridized carbons (Fsp3) is 0.200. The Kier molecular flexibility index (Phi) is 4.16. The van der Waals surface area contributed by atoms with Crippen LogP contribution in [0.5, 0.6) is 0 Å². The zero-order valence-corrected chi connectivity index (χ0v) is 13.5. The summed E-state index contributed by atoms with van der Waals surface area (Å²) in [5.41, 5.74) is 13.4. The summed E-state index contributed by atoms with van der Waals surface area (Å²) in [6.07, 6.45) is 0. The van der Waals surface area contributed by atoms with Crippen LogP contribution in [-0.4, -0.2) is 20.2 Å².